The monoisotopic (exact) mass is 195 g/mol. The zero-order valence-electron chi connectivity index (χ0n) is 8.04. The van der Waals surface area contributed by atoms with Crippen molar-refractivity contribution < 1.29 is 13.2 Å². The van der Waals surface area contributed by atoms with Gasteiger partial charge in [-0.3, -0.25) is 0 Å². The van der Waals surface area contributed by atoms with Gasteiger partial charge in [0, 0.05) is 0 Å². The summed E-state index contributed by atoms with van der Waals surface area (Å²) in [7, 11) is 0. The molecule has 0 aromatic carbocycles. The molecule has 1 rings (SSSR count). The van der Waals surface area contributed by atoms with Crippen LogP contribution in [-0.2, 0) is 0 Å². The molecule has 0 amide bonds. The minimum absolute atomic E-state index is 0.245. The van der Waals surface area contributed by atoms with E-state index in [4.69, 9.17) is 0 Å². The summed E-state index contributed by atoms with van der Waals surface area (Å²) < 4.78 is 37.1. The molecular weight excluding hydrogens is 179 g/mol. The Balaban J connectivity index is 2.29. The van der Waals surface area contributed by atoms with Gasteiger partial charge in [-0.2, -0.15) is 13.2 Å². The van der Waals surface area contributed by atoms with Crippen LogP contribution in [0.2, 0.25) is 0 Å². The number of halogens is 3. The Hall–Kier alpha value is -0.250. The normalized spacial score (nSPS) is 20.8. The zero-order valence-corrected chi connectivity index (χ0v) is 8.04. The summed E-state index contributed by atoms with van der Waals surface area (Å²) >= 11 is 0. The van der Waals surface area contributed by atoms with Crippen molar-refractivity contribution in [2.45, 2.75) is 44.8 Å². The number of hydrogen-bond donors (Lipinski definition) is 1. The van der Waals surface area contributed by atoms with Crippen LogP contribution in [0.3, 0.4) is 0 Å². The molecule has 0 heterocycles. The molecule has 0 radical (unpaired) electrons. The van der Waals surface area contributed by atoms with Crippen molar-refractivity contribution in [2.24, 2.45) is 5.92 Å². The molecule has 78 valence electrons. The summed E-state index contributed by atoms with van der Waals surface area (Å²) in [5, 5.41) is 2.62. The maximum atomic E-state index is 12.4. The van der Waals surface area contributed by atoms with Crippen molar-refractivity contribution in [3.05, 3.63) is 0 Å². The van der Waals surface area contributed by atoms with Gasteiger partial charge >= 0.3 is 6.18 Å². The van der Waals surface area contributed by atoms with E-state index in [2.05, 4.69) is 5.32 Å². The molecule has 1 saturated carbocycles. The lowest BCUT2D eigenvalue weighted by molar-refractivity contribution is -0.165. The fourth-order valence-electron chi connectivity index (χ4n) is 1.29. The maximum Gasteiger partial charge on any atom is 0.406 e. The van der Waals surface area contributed by atoms with Crippen molar-refractivity contribution in [3.8, 4) is 0 Å². The third-order valence-electron chi connectivity index (χ3n) is 2.48. The summed E-state index contributed by atoms with van der Waals surface area (Å²) in [5.41, 5.74) is -1.53. The fraction of sp³-hybridized carbons (Fsp3) is 1.00. The van der Waals surface area contributed by atoms with Gasteiger partial charge in [0.25, 0.3) is 0 Å². The highest BCUT2D eigenvalue weighted by molar-refractivity contribution is 5.07. The van der Waals surface area contributed by atoms with E-state index >= 15 is 0 Å². The van der Waals surface area contributed by atoms with Gasteiger partial charge < -0.3 is 5.32 Å². The molecule has 0 bridgehead atoms. The maximum absolute atomic E-state index is 12.4. The second-order valence-corrected chi connectivity index (χ2v) is 4.19. The van der Waals surface area contributed by atoms with Gasteiger partial charge in [0.15, 0.2) is 0 Å². The van der Waals surface area contributed by atoms with Gasteiger partial charge in [-0.15, -0.1) is 0 Å². The summed E-state index contributed by atoms with van der Waals surface area (Å²) in [4.78, 5) is 0. The lowest BCUT2D eigenvalue weighted by atomic mass is 10.1. The van der Waals surface area contributed by atoms with Crippen LogP contribution in [0.1, 0.15) is 33.1 Å². The average molecular weight is 195 g/mol. The van der Waals surface area contributed by atoms with Crippen LogP contribution in [-0.4, -0.2) is 18.3 Å². The Morgan fingerprint density at radius 2 is 1.85 bits per heavy atom. The Kier molecular flexibility index (Phi) is 2.90. The first-order chi connectivity index (χ1) is 5.87. The molecule has 0 spiro atoms. The van der Waals surface area contributed by atoms with Crippen LogP contribution in [0.5, 0.6) is 0 Å². The Morgan fingerprint density at radius 1 is 1.31 bits per heavy atom. The van der Waals surface area contributed by atoms with Crippen molar-refractivity contribution in [1.29, 1.82) is 0 Å². The average Bonchev–Trinajstić information content (AvgIpc) is 2.65. The number of hydrogen-bond acceptors (Lipinski definition) is 1. The Bertz CT molecular complexity index is 170. The minimum atomic E-state index is -4.07. The highest BCUT2D eigenvalue weighted by atomic mass is 19.4. The van der Waals surface area contributed by atoms with E-state index in [0.717, 1.165) is 6.42 Å². The summed E-state index contributed by atoms with van der Waals surface area (Å²) in [6.07, 6.45) is -2.77. The fourth-order valence-corrected chi connectivity index (χ4v) is 1.29. The lowest BCUT2D eigenvalue weighted by Gasteiger charge is -2.21. The van der Waals surface area contributed by atoms with E-state index in [1.54, 1.807) is 0 Å². The molecule has 0 aromatic rings. The van der Waals surface area contributed by atoms with Gasteiger partial charge in [-0.25, -0.2) is 0 Å². The third kappa shape index (κ3) is 2.59. The highest BCUT2D eigenvalue weighted by Gasteiger charge is 2.62. The standard InChI is InChI=1S/C9H16F3N/c1-7(2)3-6-13-8(4-5-8)9(10,11)12/h7,13H,3-6H2,1-2H3. The first kappa shape index (κ1) is 10.8. The van der Waals surface area contributed by atoms with Crippen LogP contribution in [0.15, 0.2) is 0 Å². The highest BCUT2D eigenvalue weighted by Crippen LogP contribution is 2.48. The first-order valence-corrected chi connectivity index (χ1v) is 4.69. The summed E-state index contributed by atoms with van der Waals surface area (Å²) in [6, 6.07) is 0. The Morgan fingerprint density at radius 3 is 2.15 bits per heavy atom. The van der Waals surface area contributed by atoms with Gasteiger partial charge in [-0.1, -0.05) is 13.8 Å². The molecular formula is C9H16F3N. The van der Waals surface area contributed by atoms with Crippen molar-refractivity contribution in [1.82, 2.24) is 5.32 Å². The number of alkyl halides is 3. The van der Waals surface area contributed by atoms with Crippen LogP contribution in [0.25, 0.3) is 0 Å². The summed E-state index contributed by atoms with van der Waals surface area (Å²) in [6.45, 7) is 4.49. The molecule has 0 unspecified atom stereocenters. The molecule has 0 aromatic heterocycles. The van der Waals surface area contributed by atoms with E-state index in [1.807, 2.05) is 13.8 Å². The van der Waals surface area contributed by atoms with Crippen molar-refractivity contribution in [3.63, 3.8) is 0 Å². The minimum Gasteiger partial charge on any atom is -0.304 e. The van der Waals surface area contributed by atoms with Gasteiger partial charge in [0.05, 0.1) is 0 Å². The smallest absolute Gasteiger partial charge is 0.304 e. The second kappa shape index (κ2) is 3.48. The van der Waals surface area contributed by atoms with E-state index in [-0.39, 0.29) is 12.8 Å². The topological polar surface area (TPSA) is 12.0 Å². The van der Waals surface area contributed by atoms with Gasteiger partial charge in [0.1, 0.15) is 5.54 Å². The Labute approximate surface area is 76.7 Å². The van der Waals surface area contributed by atoms with Crippen molar-refractivity contribution in [2.75, 3.05) is 6.54 Å². The predicted molar refractivity (Wildman–Crippen MR) is 45.5 cm³/mol. The largest absolute Gasteiger partial charge is 0.406 e. The molecule has 1 fully saturated rings. The van der Waals surface area contributed by atoms with E-state index in [9.17, 15) is 13.2 Å². The van der Waals surface area contributed by atoms with Crippen LogP contribution in [0, 0.1) is 5.92 Å². The van der Waals surface area contributed by atoms with Crippen LogP contribution >= 0.6 is 0 Å². The first-order valence-electron chi connectivity index (χ1n) is 4.69. The third-order valence-corrected chi connectivity index (χ3v) is 2.48. The molecule has 0 saturated heterocycles. The van der Waals surface area contributed by atoms with E-state index < -0.39 is 11.7 Å². The SMILES string of the molecule is CC(C)CCNC1(C(F)(F)F)CC1. The summed E-state index contributed by atoms with van der Waals surface area (Å²) in [5.74, 6) is 0.455. The number of rotatable bonds is 4. The van der Waals surface area contributed by atoms with Crippen LogP contribution in [0.4, 0.5) is 13.2 Å². The zero-order chi connectivity index (χ0) is 10.1. The number of nitrogens with one attached hydrogen (secondary N) is 1. The molecule has 1 aliphatic rings. The quantitative estimate of drug-likeness (QED) is 0.727. The molecule has 1 aliphatic carbocycles. The lowest BCUT2D eigenvalue weighted by Crippen LogP contribution is -2.45. The molecule has 1 N–H and O–H groups in total. The van der Waals surface area contributed by atoms with Crippen molar-refractivity contribution >= 4 is 0 Å². The molecule has 13 heavy (non-hydrogen) atoms. The molecule has 0 aliphatic heterocycles. The predicted octanol–water partition coefficient (Wildman–Crippen LogP) is 2.72. The molecule has 1 nitrogen and oxygen atoms in total. The van der Waals surface area contributed by atoms with Gasteiger partial charge in [0.2, 0.25) is 0 Å². The van der Waals surface area contributed by atoms with Gasteiger partial charge in [-0.05, 0) is 31.7 Å². The van der Waals surface area contributed by atoms with E-state index in [0.29, 0.717) is 12.5 Å². The van der Waals surface area contributed by atoms with Crippen LogP contribution < -0.4 is 5.32 Å². The van der Waals surface area contributed by atoms with E-state index in [1.165, 1.54) is 0 Å². The molecule has 0 atom stereocenters. The molecule has 4 heteroatoms. The second-order valence-electron chi connectivity index (χ2n) is 4.19.